The highest BCUT2D eigenvalue weighted by molar-refractivity contribution is 5.67. The number of hydrogen-bond donors (Lipinski definition) is 1. The quantitative estimate of drug-likeness (QED) is 0.780. The average Bonchev–Trinajstić information content (AvgIpc) is 3.06. The largest absolute Gasteiger partial charge is 0.450 e. The molecular formula is C20H36N2O4. The molecule has 1 amide bonds. The Bertz CT molecular complexity index is 499. The molecule has 0 aromatic heterocycles. The lowest BCUT2D eigenvalue weighted by molar-refractivity contribution is -0.114. The fourth-order valence-corrected chi connectivity index (χ4v) is 5.56. The number of carbonyl (C=O) groups excluding carboxylic acids is 1. The van der Waals surface area contributed by atoms with Gasteiger partial charge in [0.15, 0.2) is 0 Å². The van der Waals surface area contributed by atoms with Gasteiger partial charge in [-0.1, -0.05) is 20.8 Å². The van der Waals surface area contributed by atoms with Gasteiger partial charge in [-0.3, -0.25) is 4.90 Å². The van der Waals surface area contributed by atoms with Gasteiger partial charge < -0.3 is 19.5 Å². The number of fused-ring (bicyclic) bond motifs is 2. The van der Waals surface area contributed by atoms with Crippen molar-refractivity contribution in [2.24, 2.45) is 16.7 Å². The van der Waals surface area contributed by atoms with Gasteiger partial charge in [0.1, 0.15) is 0 Å². The normalized spacial score (nSPS) is 34.9. The summed E-state index contributed by atoms with van der Waals surface area (Å²) in [4.78, 5) is 15.7. The Balaban J connectivity index is 1.41. The zero-order valence-corrected chi connectivity index (χ0v) is 16.9. The van der Waals surface area contributed by atoms with E-state index in [0.29, 0.717) is 32.8 Å². The van der Waals surface area contributed by atoms with E-state index < -0.39 is 6.10 Å². The first-order chi connectivity index (χ1) is 12.3. The highest BCUT2D eigenvalue weighted by atomic mass is 16.6. The smallest absolute Gasteiger partial charge is 0.409 e. The van der Waals surface area contributed by atoms with Crippen LogP contribution in [0.15, 0.2) is 0 Å². The van der Waals surface area contributed by atoms with Crippen LogP contribution in [0.2, 0.25) is 0 Å². The molecular weight excluding hydrogens is 332 g/mol. The van der Waals surface area contributed by atoms with Crippen molar-refractivity contribution in [2.45, 2.75) is 59.2 Å². The number of nitrogens with zero attached hydrogens (tertiary/aromatic N) is 2. The molecule has 2 saturated carbocycles. The van der Waals surface area contributed by atoms with Crippen LogP contribution < -0.4 is 0 Å². The maximum atomic E-state index is 11.7. The second-order valence-corrected chi connectivity index (χ2v) is 9.27. The first kappa shape index (κ1) is 19.9. The summed E-state index contributed by atoms with van der Waals surface area (Å²) in [5, 5.41) is 10.5. The highest BCUT2D eigenvalue weighted by Gasteiger charge is 2.60. The van der Waals surface area contributed by atoms with Crippen molar-refractivity contribution in [3.8, 4) is 0 Å². The molecule has 1 N–H and O–H groups in total. The third-order valence-electron chi connectivity index (χ3n) is 6.96. The van der Waals surface area contributed by atoms with E-state index in [1.165, 1.54) is 19.3 Å². The Hall–Kier alpha value is -0.850. The molecule has 1 aliphatic heterocycles. The number of piperazine rings is 1. The number of aliphatic hydroxyl groups is 1. The van der Waals surface area contributed by atoms with Gasteiger partial charge in [-0.15, -0.1) is 0 Å². The van der Waals surface area contributed by atoms with Crippen LogP contribution in [-0.4, -0.2) is 79.1 Å². The summed E-state index contributed by atoms with van der Waals surface area (Å²) in [7, 11) is 0. The Morgan fingerprint density at radius 3 is 2.50 bits per heavy atom. The van der Waals surface area contributed by atoms with Crippen LogP contribution in [0.4, 0.5) is 4.79 Å². The molecule has 0 radical (unpaired) electrons. The van der Waals surface area contributed by atoms with Gasteiger partial charge in [-0.2, -0.15) is 0 Å². The van der Waals surface area contributed by atoms with E-state index in [1.54, 1.807) is 4.90 Å². The van der Waals surface area contributed by atoms with Crippen molar-refractivity contribution in [3.63, 3.8) is 0 Å². The molecule has 1 saturated heterocycles. The molecule has 0 aromatic rings. The summed E-state index contributed by atoms with van der Waals surface area (Å²) in [6.45, 7) is 13.1. The third kappa shape index (κ3) is 3.87. The minimum Gasteiger partial charge on any atom is -0.450 e. The number of β-amino-alcohol motifs (C(OH)–C–C–N with tert-alkyl or cyclic N) is 1. The number of hydrogen-bond acceptors (Lipinski definition) is 5. The molecule has 2 aliphatic carbocycles. The minimum absolute atomic E-state index is 0.206. The average molecular weight is 369 g/mol. The molecule has 4 unspecified atom stereocenters. The van der Waals surface area contributed by atoms with Crippen LogP contribution in [0, 0.1) is 16.7 Å². The van der Waals surface area contributed by atoms with Crippen molar-refractivity contribution in [2.75, 3.05) is 45.9 Å². The predicted octanol–water partition coefficient (Wildman–Crippen LogP) is 2.35. The number of ether oxygens (including phenoxy) is 2. The number of aliphatic hydroxyl groups excluding tert-OH is 1. The zero-order chi connectivity index (χ0) is 18.9. The van der Waals surface area contributed by atoms with Crippen molar-refractivity contribution < 1.29 is 19.4 Å². The molecule has 6 heteroatoms. The fraction of sp³-hybridized carbons (Fsp3) is 0.950. The molecule has 2 bridgehead atoms. The zero-order valence-electron chi connectivity index (χ0n) is 16.9. The van der Waals surface area contributed by atoms with Crippen molar-refractivity contribution >= 4 is 6.09 Å². The van der Waals surface area contributed by atoms with E-state index in [2.05, 4.69) is 25.7 Å². The summed E-state index contributed by atoms with van der Waals surface area (Å²) < 4.78 is 11.3. The van der Waals surface area contributed by atoms with E-state index >= 15 is 0 Å². The van der Waals surface area contributed by atoms with E-state index in [1.807, 2.05) is 6.92 Å². The number of carbonyl (C=O) groups is 1. The molecule has 3 rings (SSSR count). The van der Waals surface area contributed by atoms with E-state index in [4.69, 9.17) is 9.47 Å². The molecule has 3 fully saturated rings. The molecule has 6 nitrogen and oxygen atoms in total. The number of rotatable bonds is 6. The van der Waals surface area contributed by atoms with Crippen LogP contribution in [0.25, 0.3) is 0 Å². The van der Waals surface area contributed by atoms with Gasteiger partial charge >= 0.3 is 6.09 Å². The van der Waals surface area contributed by atoms with Crippen LogP contribution in [0.3, 0.4) is 0 Å². The van der Waals surface area contributed by atoms with Crippen LogP contribution in [0.1, 0.15) is 47.0 Å². The lowest BCUT2D eigenvalue weighted by Crippen LogP contribution is -2.51. The van der Waals surface area contributed by atoms with Crippen LogP contribution in [0.5, 0.6) is 0 Å². The monoisotopic (exact) mass is 368 g/mol. The van der Waals surface area contributed by atoms with Gasteiger partial charge in [-0.25, -0.2) is 4.79 Å². The van der Waals surface area contributed by atoms with Gasteiger partial charge in [0.05, 0.1) is 25.4 Å². The summed E-state index contributed by atoms with van der Waals surface area (Å²) in [5.74, 6) is 0.755. The van der Waals surface area contributed by atoms with Crippen molar-refractivity contribution in [1.29, 1.82) is 0 Å². The van der Waals surface area contributed by atoms with Crippen LogP contribution >= 0.6 is 0 Å². The molecule has 3 aliphatic rings. The molecule has 150 valence electrons. The SMILES string of the molecule is CCOC(=O)N1CCN(CC(O)COC2C3(C)CCC(C3)C2(C)C)CC1. The van der Waals surface area contributed by atoms with E-state index in [9.17, 15) is 9.90 Å². The first-order valence-corrected chi connectivity index (χ1v) is 10.2. The topological polar surface area (TPSA) is 62.2 Å². The highest BCUT2D eigenvalue weighted by Crippen LogP contribution is 2.63. The minimum atomic E-state index is -0.484. The van der Waals surface area contributed by atoms with Crippen molar-refractivity contribution in [1.82, 2.24) is 9.80 Å². The Labute approximate surface area is 157 Å². The summed E-state index contributed by atoms with van der Waals surface area (Å²) in [5.41, 5.74) is 0.483. The van der Waals surface area contributed by atoms with Gasteiger partial charge in [0.25, 0.3) is 0 Å². The second kappa shape index (κ2) is 7.64. The molecule has 4 atom stereocenters. The number of amides is 1. The summed E-state index contributed by atoms with van der Waals surface area (Å²) in [6.07, 6.45) is 3.35. The maximum Gasteiger partial charge on any atom is 0.409 e. The standard InChI is InChI=1S/C20H36N2O4/c1-5-25-18(24)22-10-8-21(9-11-22)13-16(23)14-26-17-19(2,3)15-6-7-20(17,4)12-15/h15-17,23H,5-14H2,1-4H3. The molecule has 26 heavy (non-hydrogen) atoms. The molecule has 1 heterocycles. The summed E-state index contributed by atoms with van der Waals surface area (Å²) in [6, 6.07) is 0. The lowest BCUT2D eigenvalue weighted by atomic mass is 9.70. The Morgan fingerprint density at radius 1 is 1.23 bits per heavy atom. The lowest BCUT2D eigenvalue weighted by Gasteiger charge is -2.43. The van der Waals surface area contributed by atoms with Crippen molar-refractivity contribution in [3.05, 3.63) is 0 Å². The first-order valence-electron chi connectivity index (χ1n) is 10.2. The predicted molar refractivity (Wildman–Crippen MR) is 100 cm³/mol. The Morgan fingerprint density at radius 2 is 1.92 bits per heavy atom. The molecule has 0 aromatic carbocycles. The van der Waals surface area contributed by atoms with Gasteiger partial charge in [0, 0.05) is 32.7 Å². The maximum absolute atomic E-state index is 11.7. The molecule has 0 spiro atoms. The fourth-order valence-electron chi connectivity index (χ4n) is 5.56. The van der Waals surface area contributed by atoms with Gasteiger partial charge in [-0.05, 0) is 42.9 Å². The third-order valence-corrected chi connectivity index (χ3v) is 6.96. The Kier molecular flexibility index (Phi) is 5.85. The van der Waals surface area contributed by atoms with E-state index in [0.717, 1.165) is 19.0 Å². The van der Waals surface area contributed by atoms with Gasteiger partial charge in [0.2, 0.25) is 0 Å². The van der Waals surface area contributed by atoms with Crippen LogP contribution in [-0.2, 0) is 9.47 Å². The second-order valence-electron chi connectivity index (χ2n) is 9.27. The van der Waals surface area contributed by atoms with E-state index in [-0.39, 0.29) is 23.0 Å². The summed E-state index contributed by atoms with van der Waals surface area (Å²) >= 11 is 0.